The second kappa shape index (κ2) is 7.27. The quantitative estimate of drug-likeness (QED) is 0.372. The second-order valence-corrected chi connectivity index (χ2v) is 6.88. The standard InChI is InChI=1S/C16H16N8O2S/c1-2-23-14(10-5-7-17-8-6-10)21-22-16(23)27-15-18-9-12(24(25)26)13(20-15)19-11-3-4-11/h5-9,11H,2-4H2,1H3,(H,18,19,20). The maximum absolute atomic E-state index is 11.2. The first-order valence-electron chi connectivity index (χ1n) is 8.45. The minimum absolute atomic E-state index is 0.124. The van der Waals surface area contributed by atoms with Gasteiger partial charge in [0.15, 0.2) is 16.1 Å². The van der Waals surface area contributed by atoms with Gasteiger partial charge in [0.25, 0.3) is 0 Å². The number of rotatable bonds is 7. The van der Waals surface area contributed by atoms with E-state index >= 15 is 0 Å². The van der Waals surface area contributed by atoms with Gasteiger partial charge in [-0.15, -0.1) is 10.2 Å². The molecule has 0 amide bonds. The lowest BCUT2D eigenvalue weighted by Crippen LogP contribution is -2.08. The maximum atomic E-state index is 11.2. The van der Waals surface area contributed by atoms with Crippen LogP contribution in [0, 0.1) is 10.1 Å². The Kier molecular flexibility index (Phi) is 4.67. The van der Waals surface area contributed by atoms with Gasteiger partial charge in [-0.05, 0) is 43.7 Å². The molecule has 1 N–H and O–H groups in total. The SMILES string of the molecule is CCn1c(Sc2ncc([N+](=O)[O-])c(NC3CC3)n2)nnc1-c1ccncc1. The molecule has 0 aliphatic heterocycles. The van der Waals surface area contributed by atoms with Crippen molar-refractivity contribution in [3.63, 3.8) is 0 Å². The van der Waals surface area contributed by atoms with E-state index < -0.39 is 4.92 Å². The van der Waals surface area contributed by atoms with E-state index in [4.69, 9.17) is 0 Å². The molecule has 11 heteroatoms. The molecule has 0 aromatic carbocycles. The molecule has 4 rings (SSSR count). The smallest absolute Gasteiger partial charge is 0.329 e. The third-order valence-electron chi connectivity index (χ3n) is 4.02. The van der Waals surface area contributed by atoms with Crippen LogP contribution in [0.5, 0.6) is 0 Å². The van der Waals surface area contributed by atoms with E-state index in [9.17, 15) is 10.1 Å². The molecule has 138 valence electrons. The Morgan fingerprint density at radius 3 is 2.78 bits per heavy atom. The summed E-state index contributed by atoms with van der Waals surface area (Å²) in [5, 5.41) is 23.8. The number of nitro groups is 1. The number of hydrogen-bond donors (Lipinski definition) is 1. The highest BCUT2D eigenvalue weighted by Gasteiger charge is 2.27. The Labute approximate surface area is 158 Å². The average molecular weight is 384 g/mol. The summed E-state index contributed by atoms with van der Waals surface area (Å²) < 4.78 is 1.94. The first kappa shape index (κ1) is 17.3. The molecule has 0 atom stereocenters. The predicted molar refractivity (Wildman–Crippen MR) is 98.4 cm³/mol. The highest BCUT2D eigenvalue weighted by atomic mass is 32.2. The van der Waals surface area contributed by atoms with Crippen LogP contribution in [0.1, 0.15) is 19.8 Å². The number of anilines is 1. The van der Waals surface area contributed by atoms with E-state index in [1.165, 1.54) is 18.0 Å². The van der Waals surface area contributed by atoms with E-state index in [2.05, 4.69) is 30.5 Å². The largest absolute Gasteiger partial charge is 0.361 e. The molecule has 3 heterocycles. The molecule has 0 saturated heterocycles. The molecule has 27 heavy (non-hydrogen) atoms. The van der Waals surface area contributed by atoms with Crippen molar-refractivity contribution in [2.45, 2.75) is 42.7 Å². The fourth-order valence-corrected chi connectivity index (χ4v) is 3.33. The van der Waals surface area contributed by atoms with Crippen LogP contribution in [0.2, 0.25) is 0 Å². The summed E-state index contributed by atoms with van der Waals surface area (Å²) in [7, 11) is 0. The first-order chi connectivity index (χ1) is 13.2. The highest BCUT2D eigenvalue weighted by molar-refractivity contribution is 7.99. The molecule has 1 aliphatic rings. The first-order valence-corrected chi connectivity index (χ1v) is 9.26. The van der Waals surface area contributed by atoms with Crippen LogP contribution >= 0.6 is 11.8 Å². The van der Waals surface area contributed by atoms with Crippen molar-refractivity contribution < 1.29 is 4.92 Å². The van der Waals surface area contributed by atoms with Crippen molar-refractivity contribution >= 4 is 23.3 Å². The topological polar surface area (TPSA) is 125 Å². The van der Waals surface area contributed by atoms with Gasteiger partial charge >= 0.3 is 5.69 Å². The molecule has 1 fully saturated rings. The van der Waals surface area contributed by atoms with Crippen molar-refractivity contribution in [3.05, 3.63) is 40.8 Å². The van der Waals surface area contributed by atoms with Gasteiger partial charge in [-0.1, -0.05) is 0 Å². The van der Waals surface area contributed by atoms with Crippen LogP contribution in [0.3, 0.4) is 0 Å². The van der Waals surface area contributed by atoms with Crippen molar-refractivity contribution in [2.24, 2.45) is 0 Å². The lowest BCUT2D eigenvalue weighted by Gasteiger charge is -2.08. The Morgan fingerprint density at radius 1 is 1.33 bits per heavy atom. The van der Waals surface area contributed by atoms with Crippen LogP contribution < -0.4 is 5.32 Å². The Bertz CT molecular complexity index is 974. The zero-order chi connectivity index (χ0) is 18.8. The number of nitrogens with zero attached hydrogens (tertiary/aromatic N) is 7. The second-order valence-electron chi connectivity index (χ2n) is 5.95. The molecule has 1 aliphatic carbocycles. The Hall–Kier alpha value is -3.08. The minimum atomic E-state index is -0.477. The molecule has 0 unspecified atom stereocenters. The van der Waals surface area contributed by atoms with Crippen LogP contribution in [0.4, 0.5) is 11.5 Å². The van der Waals surface area contributed by atoms with Crippen molar-refractivity contribution in [1.29, 1.82) is 0 Å². The zero-order valence-corrected chi connectivity index (χ0v) is 15.3. The van der Waals surface area contributed by atoms with Gasteiger partial charge < -0.3 is 9.88 Å². The van der Waals surface area contributed by atoms with Crippen LogP contribution in [-0.2, 0) is 6.54 Å². The Morgan fingerprint density at radius 2 is 2.11 bits per heavy atom. The number of nitrogens with one attached hydrogen (secondary N) is 1. The number of aromatic nitrogens is 6. The molecule has 0 spiro atoms. The predicted octanol–water partition coefficient (Wildman–Crippen LogP) is 2.78. The summed E-state index contributed by atoms with van der Waals surface area (Å²) in [6, 6.07) is 3.98. The molecule has 0 bridgehead atoms. The van der Waals surface area contributed by atoms with E-state index in [0.29, 0.717) is 16.9 Å². The van der Waals surface area contributed by atoms with Crippen LogP contribution in [0.15, 0.2) is 41.0 Å². The van der Waals surface area contributed by atoms with Gasteiger partial charge in [0.2, 0.25) is 5.82 Å². The van der Waals surface area contributed by atoms with Crippen LogP contribution in [-0.4, -0.2) is 40.7 Å². The normalized spacial score (nSPS) is 13.5. The fourth-order valence-electron chi connectivity index (χ4n) is 2.51. The van der Waals surface area contributed by atoms with Gasteiger partial charge in [0, 0.05) is 30.5 Å². The van der Waals surface area contributed by atoms with Gasteiger partial charge in [-0.25, -0.2) is 4.98 Å². The molecule has 1 saturated carbocycles. The monoisotopic (exact) mass is 384 g/mol. The number of hydrogen-bond acceptors (Lipinski definition) is 9. The average Bonchev–Trinajstić information content (AvgIpc) is 3.40. The summed E-state index contributed by atoms with van der Waals surface area (Å²) in [5.41, 5.74) is 0.785. The summed E-state index contributed by atoms with van der Waals surface area (Å²) >= 11 is 1.23. The van der Waals surface area contributed by atoms with Gasteiger partial charge in [-0.2, -0.15) is 4.98 Å². The summed E-state index contributed by atoms with van der Waals surface area (Å²) in [5.74, 6) is 0.970. The van der Waals surface area contributed by atoms with Gasteiger partial charge in [-0.3, -0.25) is 15.1 Å². The van der Waals surface area contributed by atoms with E-state index in [1.54, 1.807) is 12.4 Å². The van der Waals surface area contributed by atoms with Crippen LogP contribution in [0.25, 0.3) is 11.4 Å². The molecule has 0 radical (unpaired) electrons. The molecule has 3 aromatic rings. The third kappa shape index (κ3) is 3.72. The van der Waals surface area contributed by atoms with Gasteiger partial charge in [0.05, 0.1) is 4.92 Å². The summed E-state index contributed by atoms with van der Waals surface area (Å²) in [6.07, 6.45) is 6.61. The highest BCUT2D eigenvalue weighted by Crippen LogP contribution is 2.32. The minimum Gasteiger partial charge on any atom is -0.361 e. The lowest BCUT2D eigenvalue weighted by atomic mass is 10.2. The van der Waals surface area contributed by atoms with E-state index in [0.717, 1.165) is 24.2 Å². The van der Waals surface area contributed by atoms with E-state index in [1.807, 2.05) is 23.6 Å². The summed E-state index contributed by atoms with van der Waals surface area (Å²) in [6.45, 7) is 2.65. The fraction of sp³-hybridized carbons (Fsp3) is 0.312. The zero-order valence-electron chi connectivity index (χ0n) is 14.4. The number of pyridine rings is 1. The molecular formula is C16H16N8O2S. The van der Waals surface area contributed by atoms with E-state index in [-0.39, 0.29) is 17.5 Å². The molecule has 3 aromatic heterocycles. The van der Waals surface area contributed by atoms with Gasteiger partial charge in [0.1, 0.15) is 6.20 Å². The van der Waals surface area contributed by atoms with Crippen molar-refractivity contribution in [1.82, 2.24) is 29.7 Å². The Balaban J connectivity index is 1.64. The molecule has 10 nitrogen and oxygen atoms in total. The summed E-state index contributed by atoms with van der Waals surface area (Å²) in [4.78, 5) is 23.2. The third-order valence-corrected chi connectivity index (χ3v) is 4.88. The molecular weight excluding hydrogens is 368 g/mol. The maximum Gasteiger partial charge on any atom is 0.329 e. The van der Waals surface area contributed by atoms with Crippen molar-refractivity contribution in [2.75, 3.05) is 5.32 Å². The van der Waals surface area contributed by atoms with Crippen molar-refractivity contribution in [3.8, 4) is 11.4 Å². The lowest BCUT2D eigenvalue weighted by molar-refractivity contribution is -0.384.